The smallest absolute Gasteiger partial charge is 0.0734 e. The average molecular weight is 335 g/mol. The van der Waals surface area contributed by atoms with Crippen LogP contribution in [0, 0.1) is 5.92 Å². The van der Waals surface area contributed by atoms with Crippen molar-refractivity contribution in [3.8, 4) is 0 Å². The lowest BCUT2D eigenvalue weighted by atomic mass is 9.96. The van der Waals surface area contributed by atoms with Crippen LogP contribution in [0.3, 0.4) is 0 Å². The lowest BCUT2D eigenvalue weighted by molar-refractivity contribution is 0.246. The summed E-state index contributed by atoms with van der Waals surface area (Å²) in [4.78, 5) is 9.62. The molecule has 0 radical (unpaired) electrons. The highest BCUT2D eigenvalue weighted by Gasteiger charge is 2.22. The van der Waals surface area contributed by atoms with Crippen LogP contribution in [0.1, 0.15) is 11.3 Å². The number of nitrogens with zero attached hydrogens (tertiary/aromatic N) is 4. The summed E-state index contributed by atoms with van der Waals surface area (Å²) >= 11 is 0. The summed E-state index contributed by atoms with van der Waals surface area (Å²) in [6.07, 6.45) is 4.80. The fraction of sp³-hybridized carbons (Fsp3) is 0.400. The summed E-state index contributed by atoms with van der Waals surface area (Å²) in [6.45, 7) is 5.38. The molecule has 0 unspecified atom stereocenters. The molecule has 0 spiro atoms. The Kier molecular flexibility index (Phi) is 4.76. The number of para-hydroxylation sites is 1. The van der Waals surface area contributed by atoms with E-state index in [2.05, 4.69) is 62.4 Å². The maximum absolute atomic E-state index is 4.63. The molecule has 1 N–H and O–H groups in total. The van der Waals surface area contributed by atoms with Gasteiger partial charge in [0.1, 0.15) is 0 Å². The highest BCUT2D eigenvalue weighted by molar-refractivity contribution is 5.81. The molecule has 5 heteroatoms. The van der Waals surface area contributed by atoms with Crippen molar-refractivity contribution in [1.82, 2.24) is 25.0 Å². The minimum absolute atomic E-state index is 0.600. The Bertz CT molecular complexity index is 809. The van der Waals surface area contributed by atoms with Crippen LogP contribution in [-0.4, -0.2) is 58.2 Å². The topological polar surface area (TPSA) is 48.0 Å². The zero-order valence-electron chi connectivity index (χ0n) is 14.7. The van der Waals surface area contributed by atoms with Crippen molar-refractivity contribution in [1.29, 1.82) is 0 Å². The number of hydrogen-bond donors (Lipinski definition) is 1. The first-order valence-corrected chi connectivity index (χ1v) is 9.00. The summed E-state index contributed by atoms with van der Waals surface area (Å²) < 4.78 is 0. The number of benzene rings is 1. The molecule has 3 heterocycles. The number of likely N-dealkylation sites (N-methyl/N-ethyl adjacent to an activating group) is 1. The van der Waals surface area contributed by atoms with Gasteiger partial charge in [-0.05, 0) is 37.1 Å². The van der Waals surface area contributed by atoms with Crippen LogP contribution < -0.4 is 0 Å². The molecule has 2 aromatic heterocycles. The molecule has 1 saturated heterocycles. The highest BCUT2D eigenvalue weighted by Crippen LogP contribution is 2.21. The minimum Gasteiger partial charge on any atom is -0.305 e. The third kappa shape index (κ3) is 3.89. The Morgan fingerprint density at radius 2 is 2.00 bits per heavy atom. The van der Waals surface area contributed by atoms with Gasteiger partial charge < -0.3 is 4.90 Å². The van der Waals surface area contributed by atoms with E-state index in [1.165, 1.54) is 16.6 Å². The number of pyridine rings is 1. The molecular weight excluding hydrogens is 310 g/mol. The number of H-pyrrole nitrogens is 1. The zero-order chi connectivity index (χ0) is 17.1. The van der Waals surface area contributed by atoms with Gasteiger partial charge in [-0.3, -0.25) is 15.0 Å². The van der Waals surface area contributed by atoms with E-state index in [-0.39, 0.29) is 0 Å². The first-order valence-electron chi connectivity index (χ1n) is 9.00. The van der Waals surface area contributed by atoms with Gasteiger partial charge in [0.25, 0.3) is 0 Å². The summed E-state index contributed by atoms with van der Waals surface area (Å²) in [5.74, 6) is 0.600. The highest BCUT2D eigenvalue weighted by atomic mass is 15.2. The molecule has 1 aliphatic heterocycles. The Morgan fingerprint density at radius 3 is 2.88 bits per heavy atom. The maximum atomic E-state index is 4.63. The van der Waals surface area contributed by atoms with Crippen molar-refractivity contribution < 1.29 is 0 Å². The second-order valence-electron chi connectivity index (χ2n) is 7.14. The second-order valence-corrected chi connectivity index (χ2v) is 7.14. The van der Waals surface area contributed by atoms with E-state index in [9.17, 15) is 0 Å². The van der Waals surface area contributed by atoms with Crippen molar-refractivity contribution in [2.45, 2.75) is 13.0 Å². The van der Waals surface area contributed by atoms with Gasteiger partial charge >= 0.3 is 0 Å². The van der Waals surface area contributed by atoms with Crippen LogP contribution in [0.25, 0.3) is 10.9 Å². The van der Waals surface area contributed by atoms with Gasteiger partial charge in [-0.2, -0.15) is 5.10 Å². The molecule has 0 aliphatic carbocycles. The van der Waals surface area contributed by atoms with Crippen molar-refractivity contribution in [2.75, 3.05) is 33.2 Å². The maximum Gasteiger partial charge on any atom is 0.0734 e. The summed E-state index contributed by atoms with van der Waals surface area (Å²) in [5.41, 5.74) is 3.70. The Morgan fingerprint density at radius 1 is 1.08 bits per heavy atom. The number of nitrogens with one attached hydrogen (secondary N) is 1. The van der Waals surface area contributed by atoms with Gasteiger partial charge in [0, 0.05) is 56.2 Å². The van der Waals surface area contributed by atoms with E-state index in [1.54, 1.807) is 0 Å². The molecule has 1 aliphatic rings. The van der Waals surface area contributed by atoms with Crippen molar-refractivity contribution in [3.63, 3.8) is 0 Å². The largest absolute Gasteiger partial charge is 0.305 e. The van der Waals surface area contributed by atoms with Crippen LogP contribution >= 0.6 is 0 Å². The fourth-order valence-corrected chi connectivity index (χ4v) is 3.89. The Labute approximate surface area is 148 Å². The Balaban J connectivity index is 1.53. The van der Waals surface area contributed by atoms with E-state index >= 15 is 0 Å². The molecule has 0 amide bonds. The van der Waals surface area contributed by atoms with E-state index < -0.39 is 0 Å². The second kappa shape index (κ2) is 7.33. The molecule has 3 aromatic rings. The minimum atomic E-state index is 0.600. The predicted octanol–water partition coefficient (Wildman–Crippen LogP) is 2.56. The number of fused-ring (bicyclic) bond motifs is 1. The van der Waals surface area contributed by atoms with Gasteiger partial charge in [0.2, 0.25) is 0 Å². The quantitative estimate of drug-likeness (QED) is 0.796. The normalized spacial score (nSPS) is 20.0. The van der Waals surface area contributed by atoms with Crippen LogP contribution in [0.15, 0.2) is 48.8 Å². The molecule has 4 rings (SSSR count). The third-order valence-corrected chi connectivity index (χ3v) is 5.06. The standard InChI is InChI=1S/C20H25N5/c1-24-10-11-25(15-19-7-9-22-23-19)14-16(13-24)12-18-5-2-4-17-6-3-8-21-20(17)18/h2-9,16H,10-15H2,1H3,(H,22,23)/t16-/m1/s1. The molecular formula is C20H25N5. The molecule has 1 fully saturated rings. The summed E-state index contributed by atoms with van der Waals surface area (Å²) in [6, 6.07) is 12.8. The molecule has 0 saturated carbocycles. The average Bonchev–Trinajstić information content (AvgIpc) is 3.06. The van der Waals surface area contributed by atoms with E-state index in [0.717, 1.165) is 44.7 Å². The number of hydrogen-bond acceptors (Lipinski definition) is 4. The van der Waals surface area contributed by atoms with Crippen molar-refractivity contribution in [2.24, 2.45) is 5.92 Å². The van der Waals surface area contributed by atoms with E-state index in [0.29, 0.717) is 5.92 Å². The lowest BCUT2D eigenvalue weighted by Crippen LogP contribution is -2.30. The van der Waals surface area contributed by atoms with Gasteiger partial charge in [0.15, 0.2) is 0 Å². The third-order valence-electron chi connectivity index (χ3n) is 5.06. The van der Waals surface area contributed by atoms with Crippen LogP contribution in [0.4, 0.5) is 0 Å². The van der Waals surface area contributed by atoms with Crippen LogP contribution in [0.2, 0.25) is 0 Å². The molecule has 1 atom stereocenters. The Hall–Kier alpha value is -2.24. The molecule has 5 nitrogen and oxygen atoms in total. The number of rotatable bonds is 4. The summed E-state index contributed by atoms with van der Waals surface area (Å²) in [5, 5.41) is 8.40. The lowest BCUT2D eigenvalue weighted by Gasteiger charge is -2.23. The predicted molar refractivity (Wildman–Crippen MR) is 100 cm³/mol. The monoisotopic (exact) mass is 335 g/mol. The van der Waals surface area contributed by atoms with Gasteiger partial charge in [-0.15, -0.1) is 0 Å². The van der Waals surface area contributed by atoms with Crippen molar-refractivity contribution in [3.05, 3.63) is 60.0 Å². The SMILES string of the molecule is CN1CCN(Cc2ccn[nH]2)C[C@H](Cc2cccc3cccnc23)C1. The van der Waals surface area contributed by atoms with Gasteiger partial charge in [-0.25, -0.2) is 0 Å². The van der Waals surface area contributed by atoms with E-state index in [4.69, 9.17) is 0 Å². The first kappa shape index (κ1) is 16.2. The van der Waals surface area contributed by atoms with Crippen LogP contribution in [-0.2, 0) is 13.0 Å². The van der Waals surface area contributed by atoms with Crippen molar-refractivity contribution >= 4 is 10.9 Å². The molecule has 130 valence electrons. The molecule has 0 bridgehead atoms. The first-order chi connectivity index (χ1) is 12.3. The zero-order valence-corrected chi connectivity index (χ0v) is 14.7. The van der Waals surface area contributed by atoms with E-state index in [1.807, 2.05) is 18.5 Å². The number of aromatic amines is 1. The number of aromatic nitrogens is 3. The fourth-order valence-electron chi connectivity index (χ4n) is 3.89. The summed E-state index contributed by atoms with van der Waals surface area (Å²) in [7, 11) is 2.23. The molecule has 1 aromatic carbocycles. The van der Waals surface area contributed by atoms with Crippen LogP contribution in [0.5, 0.6) is 0 Å². The molecule has 25 heavy (non-hydrogen) atoms. The van der Waals surface area contributed by atoms with Gasteiger partial charge in [-0.1, -0.05) is 24.3 Å². The van der Waals surface area contributed by atoms with Gasteiger partial charge in [0.05, 0.1) is 5.52 Å².